The number of urea groups is 1. The lowest BCUT2D eigenvalue weighted by molar-refractivity contribution is -0.121. The van der Waals surface area contributed by atoms with Crippen molar-refractivity contribution in [3.63, 3.8) is 0 Å². The van der Waals surface area contributed by atoms with Gasteiger partial charge >= 0.3 is 6.03 Å². The van der Waals surface area contributed by atoms with Crippen molar-refractivity contribution in [1.82, 2.24) is 4.90 Å². The van der Waals surface area contributed by atoms with Gasteiger partial charge in [-0.15, -0.1) is 11.3 Å². The Bertz CT molecular complexity index is 756. The molecule has 1 aliphatic rings. The minimum atomic E-state index is -0.105. The third-order valence-corrected chi connectivity index (χ3v) is 5.38. The molecule has 0 radical (unpaired) electrons. The maximum atomic E-state index is 12.5. The van der Waals surface area contributed by atoms with Crippen LogP contribution in [0.4, 0.5) is 15.5 Å². The van der Waals surface area contributed by atoms with Crippen LogP contribution < -0.4 is 10.6 Å². The lowest BCUT2D eigenvalue weighted by atomic mass is 9.96. The van der Waals surface area contributed by atoms with Crippen LogP contribution >= 0.6 is 22.9 Å². The van der Waals surface area contributed by atoms with E-state index in [1.54, 1.807) is 17.0 Å². The number of nitrogens with zero attached hydrogens (tertiary/aromatic N) is 1. The van der Waals surface area contributed by atoms with E-state index in [4.69, 9.17) is 11.6 Å². The number of anilines is 2. The lowest BCUT2D eigenvalue weighted by Gasteiger charge is -2.31. The molecular formula is C18H20ClN3O2S. The second-order valence-corrected chi connectivity index (χ2v) is 7.50. The third kappa shape index (κ3) is 4.52. The second kappa shape index (κ2) is 7.89. The molecule has 132 valence electrons. The van der Waals surface area contributed by atoms with E-state index in [2.05, 4.69) is 10.6 Å². The molecule has 2 aromatic rings. The van der Waals surface area contributed by atoms with Crippen molar-refractivity contribution in [2.45, 2.75) is 19.8 Å². The standard InChI is InChI=1S/C18H20ClN3O2S/c1-12-4-5-14(19)11-15(12)20-17(23)13-6-8-22(9-7-13)18(24)21-16-3-2-10-25-16/h2-5,10-11,13H,6-9H2,1H3,(H,20,23)(H,21,24). The molecule has 3 amide bonds. The maximum Gasteiger partial charge on any atom is 0.322 e. The molecule has 0 spiro atoms. The summed E-state index contributed by atoms with van der Waals surface area (Å²) in [6, 6.07) is 9.11. The van der Waals surface area contributed by atoms with E-state index in [0.717, 1.165) is 16.3 Å². The Morgan fingerprint density at radius 1 is 1.20 bits per heavy atom. The smallest absolute Gasteiger partial charge is 0.322 e. The van der Waals surface area contributed by atoms with E-state index in [1.807, 2.05) is 30.5 Å². The molecule has 0 unspecified atom stereocenters. The fourth-order valence-corrected chi connectivity index (χ4v) is 3.62. The van der Waals surface area contributed by atoms with E-state index in [9.17, 15) is 9.59 Å². The average Bonchev–Trinajstić information content (AvgIpc) is 3.11. The van der Waals surface area contributed by atoms with Crippen molar-refractivity contribution < 1.29 is 9.59 Å². The van der Waals surface area contributed by atoms with Gasteiger partial charge in [0.05, 0.1) is 5.00 Å². The van der Waals surface area contributed by atoms with E-state index in [-0.39, 0.29) is 17.9 Å². The number of halogens is 1. The minimum Gasteiger partial charge on any atom is -0.326 e. The first-order chi connectivity index (χ1) is 12.0. The largest absolute Gasteiger partial charge is 0.326 e. The zero-order valence-corrected chi connectivity index (χ0v) is 15.5. The normalized spacial score (nSPS) is 15.0. The fraction of sp³-hybridized carbons (Fsp3) is 0.333. The van der Waals surface area contributed by atoms with Crippen LogP contribution in [0.1, 0.15) is 18.4 Å². The Kier molecular flexibility index (Phi) is 5.60. The van der Waals surface area contributed by atoms with Crippen LogP contribution in [0.15, 0.2) is 35.7 Å². The topological polar surface area (TPSA) is 61.4 Å². The van der Waals surface area contributed by atoms with Crippen LogP contribution in [-0.4, -0.2) is 29.9 Å². The fourth-order valence-electron chi connectivity index (χ4n) is 2.84. The molecular weight excluding hydrogens is 358 g/mol. The highest BCUT2D eigenvalue weighted by molar-refractivity contribution is 7.14. The summed E-state index contributed by atoms with van der Waals surface area (Å²) in [4.78, 5) is 26.5. The zero-order valence-electron chi connectivity index (χ0n) is 13.9. The van der Waals surface area contributed by atoms with Crippen molar-refractivity contribution in [1.29, 1.82) is 0 Å². The highest BCUT2D eigenvalue weighted by Crippen LogP contribution is 2.24. The van der Waals surface area contributed by atoms with Crippen LogP contribution in [0, 0.1) is 12.8 Å². The van der Waals surface area contributed by atoms with Gasteiger partial charge < -0.3 is 10.2 Å². The molecule has 0 saturated carbocycles. The number of thiophene rings is 1. The Hall–Kier alpha value is -2.05. The Balaban J connectivity index is 1.52. The average molecular weight is 378 g/mol. The van der Waals surface area contributed by atoms with Gasteiger partial charge in [-0.1, -0.05) is 17.7 Å². The van der Waals surface area contributed by atoms with Crippen molar-refractivity contribution in [3.05, 3.63) is 46.3 Å². The highest BCUT2D eigenvalue weighted by atomic mass is 35.5. The summed E-state index contributed by atoms with van der Waals surface area (Å²) in [6.07, 6.45) is 1.31. The predicted octanol–water partition coefficient (Wildman–Crippen LogP) is 4.59. The van der Waals surface area contributed by atoms with Gasteiger partial charge in [-0.2, -0.15) is 0 Å². The van der Waals surface area contributed by atoms with E-state index < -0.39 is 0 Å². The molecule has 7 heteroatoms. The van der Waals surface area contributed by atoms with E-state index in [1.165, 1.54) is 11.3 Å². The molecule has 1 aromatic carbocycles. The molecule has 1 fully saturated rings. The number of benzene rings is 1. The molecule has 3 rings (SSSR count). The molecule has 2 N–H and O–H groups in total. The summed E-state index contributed by atoms with van der Waals surface area (Å²) in [5.74, 6) is -0.104. The number of hydrogen-bond donors (Lipinski definition) is 2. The van der Waals surface area contributed by atoms with Gasteiger partial charge in [-0.25, -0.2) is 4.79 Å². The molecule has 1 aliphatic heterocycles. The first-order valence-corrected chi connectivity index (χ1v) is 9.45. The lowest BCUT2D eigenvalue weighted by Crippen LogP contribution is -2.43. The molecule has 5 nitrogen and oxygen atoms in total. The molecule has 0 aliphatic carbocycles. The van der Waals surface area contributed by atoms with Gasteiger partial charge in [0.2, 0.25) is 5.91 Å². The number of likely N-dealkylation sites (tertiary alicyclic amines) is 1. The van der Waals surface area contributed by atoms with Crippen LogP contribution in [0.5, 0.6) is 0 Å². The van der Waals surface area contributed by atoms with Crippen molar-refractivity contribution >= 4 is 45.6 Å². The predicted molar refractivity (Wildman–Crippen MR) is 102 cm³/mol. The van der Waals surface area contributed by atoms with E-state index in [0.29, 0.717) is 31.0 Å². The summed E-state index contributed by atoms with van der Waals surface area (Å²) in [6.45, 7) is 3.08. The minimum absolute atomic E-state index is 0.0105. The molecule has 1 saturated heterocycles. The summed E-state index contributed by atoms with van der Waals surface area (Å²) in [7, 11) is 0. The first kappa shape index (κ1) is 17.8. The number of carbonyl (C=O) groups excluding carboxylic acids is 2. The van der Waals surface area contributed by atoms with Crippen LogP contribution in [0.2, 0.25) is 5.02 Å². The third-order valence-electron chi connectivity index (χ3n) is 4.36. The van der Waals surface area contributed by atoms with Gasteiger partial charge in [0.15, 0.2) is 0 Å². The van der Waals surface area contributed by atoms with Gasteiger partial charge in [-0.3, -0.25) is 10.1 Å². The number of rotatable bonds is 3. The maximum absolute atomic E-state index is 12.5. The zero-order chi connectivity index (χ0) is 17.8. The molecule has 0 bridgehead atoms. The van der Waals surface area contributed by atoms with Gasteiger partial charge in [-0.05, 0) is 55.0 Å². The van der Waals surface area contributed by atoms with Crippen molar-refractivity contribution in [3.8, 4) is 0 Å². The molecule has 25 heavy (non-hydrogen) atoms. The SMILES string of the molecule is Cc1ccc(Cl)cc1NC(=O)C1CCN(C(=O)Nc2cccs2)CC1. The van der Waals surface area contributed by atoms with Crippen molar-refractivity contribution in [2.75, 3.05) is 23.7 Å². The Morgan fingerprint density at radius 2 is 1.96 bits per heavy atom. The van der Waals surface area contributed by atoms with Gasteiger partial charge in [0, 0.05) is 29.7 Å². The van der Waals surface area contributed by atoms with Gasteiger partial charge in [0.1, 0.15) is 0 Å². The summed E-state index contributed by atoms with van der Waals surface area (Å²) in [5.41, 5.74) is 1.72. The van der Waals surface area contributed by atoms with Crippen molar-refractivity contribution in [2.24, 2.45) is 5.92 Å². The van der Waals surface area contributed by atoms with Gasteiger partial charge in [0.25, 0.3) is 0 Å². The highest BCUT2D eigenvalue weighted by Gasteiger charge is 2.27. The second-order valence-electron chi connectivity index (χ2n) is 6.12. The Labute approximate surface area is 156 Å². The molecule has 1 aromatic heterocycles. The number of amides is 3. The van der Waals surface area contributed by atoms with Crippen LogP contribution in [-0.2, 0) is 4.79 Å². The first-order valence-electron chi connectivity index (χ1n) is 8.19. The van der Waals surface area contributed by atoms with Crippen LogP contribution in [0.25, 0.3) is 0 Å². The summed E-state index contributed by atoms with van der Waals surface area (Å²) < 4.78 is 0. The number of aryl methyl sites for hydroxylation is 1. The summed E-state index contributed by atoms with van der Waals surface area (Å²) >= 11 is 7.49. The number of piperidine rings is 1. The Morgan fingerprint density at radius 3 is 2.64 bits per heavy atom. The van der Waals surface area contributed by atoms with Crippen LogP contribution in [0.3, 0.4) is 0 Å². The molecule has 2 heterocycles. The monoisotopic (exact) mass is 377 g/mol. The summed E-state index contributed by atoms with van der Waals surface area (Å²) in [5, 5.41) is 9.19. The number of hydrogen-bond acceptors (Lipinski definition) is 3. The quantitative estimate of drug-likeness (QED) is 0.821. The number of nitrogens with one attached hydrogen (secondary N) is 2. The number of carbonyl (C=O) groups is 2. The molecule has 0 atom stereocenters. The van der Waals surface area contributed by atoms with E-state index >= 15 is 0 Å².